The monoisotopic (exact) mass is 293 g/mol. The average Bonchev–Trinajstić information content (AvgIpc) is 2.41. The van der Waals surface area contributed by atoms with Crippen LogP contribution in [0.15, 0.2) is 42.7 Å². The standard InChI is InChI=1S/C13H15N3O3S/c1-2-19-13-14-8-12(9-15-13)16-20(17,18)10-11-6-4-3-5-7-11/h3-9,16H,2,10H2,1H3. The van der Waals surface area contributed by atoms with Gasteiger partial charge in [0.1, 0.15) is 0 Å². The molecule has 7 heteroatoms. The lowest BCUT2D eigenvalue weighted by Crippen LogP contribution is -2.15. The molecule has 106 valence electrons. The smallest absolute Gasteiger partial charge is 0.316 e. The summed E-state index contributed by atoms with van der Waals surface area (Å²) in [6.45, 7) is 2.28. The summed E-state index contributed by atoms with van der Waals surface area (Å²) < 4.78 is 31.5. The molecule has 0 amide bonds. The van der Waals surface area contributed by atoms with Crippen LogP contribution in [-0.2, 0) is 15.8 Å². The summed E-state index contributed by atoms with van der Waals surface area (Å²) in [5, 5.41) is 0. The first kappa shape index (κ1) is 14.3. The predicted molar refractivity (Wildman–Crippen MR) is 75.9 cm³/mol. The van der Waals surface area contributed by atoms with Crippen molar-refractivity contribution in [2.75, 3.05) is 11.3 Å². The predicted octanol–water partition coefficient (Wildman–Crippen LogP) is 1.82. The minimum atomic E-state index is -3.48. The van der Waals surface area contributed by atoms with Crippen molar-refractivity contribution >= 4 is 15.7 Å². The second-order valence-corrected chi connectivity index (χ2v) is 5.76. The summed E-state index contributed by atoms with van der Waals surface area (Å²) in [6, 6.07) is 9.17. The number of hydrogen-bond acceptors (Lipinski definition) is 5. The number of ether oxygens (including phenoxy) is 1. The van der Waals surface area contributed by atoms with Crippen LogP contribution in [0.3, 0.4) is 0 Å². The molecule has 0 aliphatic rings. The highest BCUT2D eigenvalue weighted by atomic mass is 32.2. The van der Waals surface area contributed by atoms with Gasteiger partial charge >= 0.3 is 6.01 Å². The molecule has 1 heterocycles. The van der Waals surface area contributed by atoms with E-state index in [1.54, 1.807) is 24.3 Å². The fourth-order valence-corrected chi connectivity index (χ4v) is 2.75. The molecule has 0 aliphatic heterocycles. The number of sulfonamides is 1. The van der Waals surface area contributed by atoms with Crippen molar-refractivity contribution in [1.82, 2.24) is 9.97 Å². The van der Waals surface area contributed by atoms with E-state index in [2.05, 4.69) is 14.7 Å². The van der Waals surface area contributed by atoms with E-state index in [9.17, 15) is 8.42 Å². The van der Waals surface area contributed by atoms with Crippen molar-refractivity contribution in [2.24, 2.45) is 0 Å². The molecule has 0 radical (unpaired) electrons. The molecular weight excluding hydrogens is 278 g/mol. The quantitative estimate of drug-likeness (QED) is 0.878. The van der Waals surface area contributed by atoms with Crippen molar-refractivity contribution in [3.05, 3.63) is 48.3 Å². The lowest BCUT2D eigenvalue weighted by Gasteiger charge is -2.08. The molecule has 1 N–H and O–H groups in total. The van der Waals surface area contributed by atoms with Crippen LogP contribution in [0.2, 0.25) is 0 Å². The Hall–Kier alpha value is -2.15. The van der Waals surface area contributed by atoms with E-state index in [0.717, 1.165) is 0 Å². The van der Waals surface area contributed by atoms with E-state index < -0.39 is 10.0 Å². The normalized spacial score (nSPS) is 11.1. The fraction of sp³-hybridized carbons (Fsp3) is 0.231. The number of rotatable bonds is 6. The highest BCUT2D eigenvalue weighted by Crippen LogP contribution is 2.12. The number of nitrogens with one attached hydrogen (secondary N) is 1. The Kier molecular flexibility index (Phi) is 4.52. The van der Waals surface area contributed by atoms with Gasteiger partial charge in [-0.2, -0.15) is 0 Å². The van der Waals surface area contributed by atoms with Crippen LogP contribution in [-0.4, -0.2) is 25.0 Å². The van der Waals surface area contributed by atoms with E-state index in [1.165, 1.54) is 12.4 Å². The van der Waals surface area contributed by atoms with Crippen LogP contribution in [0, 0.1) is 0 Å². The molecule has 0 atom stereocenters. The van der Waals surface area contributed by atoms with E-state index in [4.69, 9.17) is 4.74 Å². The van der Waals surface area contributed by atoms with Crippen LogP contribution >= 0.6 is 0 Å². The first-order valence-electron chi connectivity index (χ1n) is 6.08. The first-order valence-corrected chi connectivity index (χ1v) is 7.73. The van der Waals surface area contributed by atoms with Gasteiger partial charge < -0.3 is 4.74 Å². The Morgan fingerprint density at radius 1 is 1.15 bits per heavy atom. The Morgan fingerprint density at radius 2 is 1.80 bits per heavy atom. The van der Waals surface area contributed by atoms with Gasteiger partial charge in [-0.3, -0.25) is 4.72 Å². The van der Waals surface area contributed by atoms with E-state index in [-0.39, 0.29) is 11.8 Å². The van der Waals surface area contributed by atoms with Gasteiger partial charge in [-0.05, 0) is 12.5 Å². The van der Waals surface area contributed by atoms with Gasteiger partial charge in [0, 0.05) is 0 Å². The Bertz CT molecular complexity index is 642. The minimum absolute atomic E-state index is 0.0962. The molecule has 0 aliphatic carbocycles. The molecule has 1 aromatic carbocycles. The number of benzene rings is 1. The first-order chi connectivity index (χ1) is 9.59. The van der Waals surface area contributed by atoms with Gasteiger partial charge in [0.05, 0.1) is 30.4 Å². The number of anilines is 1. The largest absolute Gasteiger partial charge is 0.464 e. The summed E-state index contributed by atoms with van der Waals surface area (Å²) in [7, 11) is -3.48. The van der Waals surface area contributed by atoms with Crippen LogP contribution < -0.4 is 9.46 Å². The Balaban J connectivity index is 2.04. The fourth-order valence-electron chi connectivity index (χ4n) is 1.58. The molecule has 1 aromatic heterocycles. The number of aromatic nitrogens is 2. The molecule has 20 heavy (non-hydrogen) atoms. The van der Waals surface area contributed by atoms with Gasteiger partial charge in [-0.25, -0.2) is 18.4 Å². The number of nitrogens with zero attached hydrogens (tertiary/aromatic N) is 2. The average molecular weight is 293 g/mol. The lowest BCUT2D eigenvalue weighted by atomic mass is 10.2. The maximum absolute atomic E-state index is 12.0. The van der Waals surface area contributed by atoms with E-state index in [1.807, 2.05) is 13.0 Å². The van der Waals surface area contributed by atoms with Crippen LogP contribution in [0.5, 0.6) is 6.01 Å². The lowest BCUT2D eigenvalue weighted by molar-refractivity contribution is 0.312. The summed E-state index contributed by atoms with van der Waals surface area (Å²) >= 11 is 0. The van der Waals surface area contributed by atoms with Crippen molar-refractivity contribution in [2.45, 2.75) is 12.7 Å². The van der Waals surface area contributed by atoms with Gasteiger partial charge in [-0.1, -0.05) is 30.3 Å². The third-order valence-corrected chi connectivity index (χ3v) is 3.63. The van der Waals surface area contributed by atoms with Gasteiger partial charge in [0.25, 0.3) is 0 Å². The molecule has 0 unspecified atom stereocenters. The summed E-state index contributed by atoms with van der Waals surface area (Å²) in [5.41, 5.74) is 1.02. The summed E-state index contributed by atoms with van der Waals surface area (Å²) in [5.74, 6) is -0.0962. The van der Waals surface area contributed by atoms with Gasteiger partial charge in [0.15, 0.2) is 0 Å². The maximum Gasteiger partial charge on any atom is 0.316 e. The highest BCUT2D eigenvalue weighted by Gasteiger charge is 2.12. The van der Waals surface area contributed by atoms with Crippen LogP contribution in [0.1, 0.15) is 12.5 Å². The van der Waals surface area contributed by atoms with Crippen molar-refractivity contribution < 1.29 is 13.2 Å². The van der Waals surface area contributed by atoms with E-state index >= 15 is 0 Å². The minimum Gasteiger partial charge on any atom is -0.464 e. The number of hydrogen-bond donors (Lipinski definition) is 1. The van der Waals surface area contributed by atoms with Crippen molar-refractivity contribution in [1.29, 1.82) is 0 Å². The second kappa shape index (κ2) is 6.33. The van der Waals surface area contributed by atoms with Crippen LogP contribution in [0.4, 0.5) is 5.69 Å². The third kappa shape index (κ3) is 4.20. The van der Waals surface area contributed by atoms with Crippen molar-refractivity contribution in [3.8, 4) is 6.01 Å². The molecule has 2 aromatic rings. The molecule has 0 fully saturated rings. The SMILES string of the molecule is CCOc1ncc(NS(=O)(=O)Cc2ccccc2)cn1. The molecule has 6 nitrogen and oxygen atoms in total. The van der Waals surface area contributed by atoms with E-state index in [0.29, 0.717) is 17.9 Å². The molecule has 2 rings (SSSR count). The molecular formula is C13H15N3O3S. The van der Waals surface area contributed by atoms with Gasteiger partial charge in [-0.15, -0.1) is 0 Å². The van der Waals surface area contributed by atoms with Crippen molar-refractivity contribution in [3.63, 3.8) is 0 Å². The van der Waals surface area contributed by atoms with Crippen LogP contribution in [0.25, 0.3) is 0 Å². The second-order valence-electron chi connectivity index (χ2n) is 4.03. The zero-order valence-electron chi connectivity index (χ0n) is 11.0. The Morgan fingerprint density at radius 3 is 2.40 bits per heavy atom. The molecule has 0 saturated heterocycles. The Labute approximate surface area is 117 Å². The third-order valence-electron chi connectivity index (χ3n) is 2.37. The zero-order valence-corrected chi connectivity index (χ0v) is 11.8. The molecule has 0 spiro atoms. The maximum atomic E-state index is 12.0. The molecule has 0 bridgehead atoms. The molecule has 0 saturated carbocycles. The highest BCUT2D eigenvalue weighted by molar-refractivity contribution is 7.91. The summed E-state index contributed by atoms with van der Waals surface area (Å²) in [4.78, 5) is 7.80. The zero-order chi connectivity index (χ0) is 14.4. The summed E-state index contributed by atoms with van der Waals surface area (Å²) in [6.07, 6.45) is 2.75. The topological polar surface area (TPSA) is 81.2 Å². The van der Waals surface area contributed by atoms with Gasteiger partial charge in [0.2, 0.25) is 10.0 Å².